The van der Waals surface area contributed by atoms with Crippen molar-refractivity contribution >= 4 is 5.97 Å². The normalized spacial score (nSPS) is 13.0. The fourth-order valence-corrected chi connectivity index (χ4v) is 2.80. The molecule has 6 heteroatoms. The van der Waals surface area contributed by atoms with Crippen molar-refractivity contribution in [3.05, 3.63) is 90.6 Å². The molecule has 140 valence electrons. The Bertz CT molecular complexity index is 1040. The van der Waals surface area contributed by atoms with Crippen molar-refractivity contribution in [1.82, 2.24) is 9.88 Å². The maximum absolute atomic E-state index is 12.2. The minimum Gasteiger partial charge on any atom is -0.464 e. The molecule has 0 aliphatic carbocycles. The summed E-state index contributed by atoms with van der Waals surface area (Å²) in [7, 11) is 1.31. The third-order valence-electron chi connectivity index (χ3n) is 4.14. The standard InChI is InChI=1S/C22H18N2O4/c1-26-22(25)19-20(28-21(23-19)16-9-5-4-6-10-16)18-12-11-17(27-18)15-24-13-7-2-3-8-14-24/h2-14H,15H2,1H3. The highest BCUT2D eigenvalue weighted by atomic mass is 16.5. The number of rotatable bonds is 5. The Morgan fingerprint density at radius 2 is 1.75 bits per heavy atom. The molecule has 0 radical (unpaired) electrons. The van der Waals surface area contributed by atoms with Gasteiger partial charge in [0.1, 0.15) is 5.76 Å². The largest absolute Gasteiger partial charge is 0.464 e. The topological polar surface area (TPSA) is 68.7 Å². The molecular weight excluding hydrogens is 356 g/mol. The molecule has 0 spiro atoms. The number of esters is 1. The van der Waals surface area contributed by atoms with Gasteiger partial charge in [-0.25, -0.2) is 9.78 Å². The molecule has 1 aliphatic rings. The third-order valence-corrected chi connectivity index (χ3v) is 4.14. The van der Waals surface area contributed by atoms with Gasteiger partial charge in [0.15, 0.2) is 11.5 Å². The average molecular weight is 374 g/mol. The van der Waals surface area contributed by atoms with Crippen LogP contribution in [-0.2, 0) is 11.3 Å². The summed E-state index contributed by atoms with van der Waals surface area (Å²) < 4.78 is 16.7. The van der Waals surface area contributed by atoms with E-state index < -0.39 is 5.97 Å². The predicted octanol–water partition coefficient (Wildman–Crippen LogP) is 4.79. The van der Waals surface area contributed by atoms with E-state index >= 15 is 0 Å². The van der Waals surface area contributed by atoms with Gasteiger partial charge in [-0.2, -0.15) is 0 Å². The van der Waals surface area contributed by atoms with E-state index in [2.05, 4.69) is 4.98 Å². The summed E-state index contributed by atoms with van der Waals surface area (Å²) >= 11 is 0. The maximum Gasteiger partial charge on any atom is 0.360 e. The van der Waals surface area contributed by atoms with Gasteiger partial charge < -0.3 is 18.5 Å². The van der Waals surface area contributed by atoms with Crippen LogP contribution in [0.2, 0.25) is 0 Å². The third kappa shape index (κ3) is 3.66. The van der Waals surface area contributed by atoms with Crippen molar-refractivity contribution in [1.29, 1.82) is 0 Å². The van der Waals surface area contributed by atoms with E-state index in [9.17, 15) is 4.79 Å². The van der Waals surface area contributed by atoms with E-state index in [1.807, 2.05) is 78.0 Å². The van der Waals surface area contributed by atoms with Gasteiger partial charge in [0.25, 0.3) is 0 Å². The van der Waals surface area contributed by atoms with Crippen molar-refractivity contribution < 1.29 is 18.4 Å². The van der Waals surface area contributed by atoms with Gasteiger partial charge in [-0.1, -0.05) is 30.4 Å². The molecule has 0 unspecified atom stereocenters. The van der Waals surface area contributed by atoms with E-state index in [0.29, 0.717) is 18.2 Å². The van der Waals surface area contributed by atoms with Crippen molar-refractivity contribution in [2.45, 2.75) is 6.54 Å². The van der Waals surface area contributed by atoms with Gasteiger partial charge in [0, 0.05) is 18.0 Å². The molecule has 0 atom stereocenters. The van der Waals surface area contributed by atoms with Crippen LogP contribution in [0.3, 0.4) is 0 Å². The molecular formula is C22H18N2O4. The summed E-state index contributed by atoms with van der Waals surface area (Å²) in [6.45, 7) is 0.544. The summed E-state index contributed by atoms with van der Waals surface area (Å²) in [4.78, 5) is 18.5. The molecule has 0 saturated carbocycles. The van der Waals surface area contributed by atoms with Gasteiger partial charge in [-0.15, -0.1) is 0 Å². The summed E-state index contributed by atoms with van der Waals surface area (Å²) in [5.74, 6) is 1.15. The molecule has 28 heavy (non-hydrogen) atoms. The Kier molecular flexibility index (Phi) is 4.93. The van der Waals surface area contributed by atoms with Gasteiger partial charge in [0.05, 0.1) is 13.7 Å². The summed E-state index contributed by atoms with van der Waals surface area (Å²) in [6.07, 6.45) is 11.7. The van der Waals surface area contributed by atoms with Crippen LogP contribution in [0.1, 0.15) is 16.2 Å². The number of ether oxygens (including phenoxy) is 1. The molecule has 0 bridgehead atoms. The Hall–Kier alpha value is -3.80. The minimum atomic E-state index is -0.580. The van der Waals surface area contributed by atoms with Crippen LogP contribution in [0, 0.1) is 0 Å². The number of nitrogens with zero attached hydrogens (tertiary/aromatic N) is 2. The fourth-order valence-electron chi connectivity index (χ4n) is 2.80. The number of carbonyl (C=O) groups is 1. The number of oxazole rings is 1. The smallest absolute Gasteiger partial charge is 0.360 e. The number of carbonyl (C=O) groups excluding carboxylic acids is 1. The molecule has 2 aromatic heterocycles. The molecule has 1 aliphatic heterocycles. The van der Waals surface area contributed by atoms with Crippen LogP contribution in [0.15, 0.2) is 88.0 Å². The van der Waals surface area contributed by atoms with E-state index in [1.165, 1.54) is 7.11 Å². The first-order valence-electron chi connectivity index (χ1n) is 8.75. The highest BCUT2D eigenvalue weighted by Crippen LogP contribution is 2.31. The van der Waals surface area contributed by atoms with Gasteiger partial charge in [-0.3, -0.25) is 0 Å². The van der Waals surface area contributed by atoms with Crippen LogP contribution < -0.4 is 0 Å². The molecule has 0 amide bonds. The lowest BCUT2D eigenvalue weighted by Gasteiger charge is -2.12. The zero-order valence-corrected chi connectivity index (χ0v) is 15.2. The molecule has 3 aromatic rings. The zero-order valence-electron chi connectivity index (χ0n) is 15.2. The lowest BCUT2D eigenvalue weighted by Crippen LogP contribution is -2.07. The molecule has 3 heterocycles. The van der Waals surface area contributed by atoms with Crippen LogP contribution in [-0.4, -0.2) is 23.0 Å². The van der Waals surface area contributed by atoms with E-state index in [0.717, 1.165) is 11.3 Å². The molecule has 0 N–H and O–H groups in total. The second kappa shape index (κ2) is 7.84. The predicted molar refractivity (Wildman–Crippen MR) is 104 cm³/mol. The summed E-state index contributed by atoms with van der Waals surface area (Å²) in [6, 6.07) is 13.0. The SMILES string of the molecule is COC(=O)c1nc(-c2ccccc2)oc1-c1ccc(CN2C=CC=CC=C2)o1. The van der Waals surface area contributed by atoms with E-state index in [-0.39, 0.29) is 11.5 Å². The van der Waals surface area contributed by atoms with Crippen molar-refractivity contribution in [2.24, 2.45) is 0 Å². The van der Waals surface area contributed by atoms with Crippen molar-refractivity contribution in [3.63, 3.8) is 0 Å². The Morgan fingerprint density at radius 1 is 1.00 bits per heavy atom. The Morgan fingerprint density at radius 3 is 2.46 bits per heavy atom. The fraction of sp³-hybridized carbons (Fsp3) is 0.0909. The molecule has 4 rings (SSSR count). The lowest BCUT2D eigenvalue weighted by molar-refractivity contribution is 0.0595. The molecule has 6 nitrogen and oxygen atoms in total. The number of methoxy groups -OCH3 is 1. The van der Waals surface area contributed by atoms with Crippen LogP contribution in [0.25, 0.3) is 23.0 Å². The van der Waals surface area contributed by atoms with Crippen molar-refractivity contribution in [3.8, 4) is 23.0 Å². The van der Waals surface area contributed by atoms with Gasteiger partial charge in [-0.05, 0) is 36.4 Å². The molecule has 0 saturated heterocycles. The number of benzene rings is 1. The molecule has 1 aromatic carbocycles. The number of furan rings is 1. The molecule has 0 fully saturated rings. The quantitative estimate of drug-likeness (QED) is 0.598. The maximum atomic E-state index is 12.2. The van der Waals surface area contributed by atoms with Gasteiger partial charge in [0.2, 0.25) is 11.7 Å². The summed E-state index contributed by atoms with van der Waals surface area (Å²) in [5.41, 5.74) is 0.846. The van der Waals surface area contributed by atoms with Crippen molar-refractivity contribution in [2.75, 3.05) is 7.11 Å². The second-order valence-corrected chi connectivity index (χ2v) is 6.06. The van der Waals surface area contributed by atoms with Gasteiger partial charge >= 0.3 is 5.97 Å². The highest BCUT2D eigenvalue weighted by Gasteiger charge is 2.25. The zero-order chi connectivity index (χ0) is 19.3. The monoisotopic (exact) mass is 374 g/mol. The van der Waals surface area contributed by atoms with Crippen LogP contribution in [0.4, 0.5) is 0 Å². The Balaban J connectivity index is 1.66. The second-order valence-electron chi connectivity index (χ2n) is 6.06. The first-order chi connectivity index (χ1) is 13.7. The minimum absolute atomic E-state index is 0.0843. The number of allylic oxidation sites excluding steroid dienone is 4. The number of hydrogen-bond donors (Lipinski definition) is 0. The summed E-state index contributed by atoms with van der Waals surface area (Å²) in [5, 5.41) is 0. The van der Waals surface area contributed by atoms with Crippen LogP contribution in [0.5, 0.6) is 0 Å². The van der Waals surface area contributed by atoms with E-state index in [1.54, 1.807) is 6.07 Å². The highest BCUT2D eigenvalue weighted by molar-refractivity contribution is 5.93. The lowest BCUT2D eigenvalue weighted by atomic mass is 10.2. The number of hydrogen-bond acceptors (Lipinski definition) is 6. The van der Waals surface area contributed by atoms with Crippen LogP contribution >= 0.6 is 0 Å². The first-order valence-corrected chi connectivity index (χ1v) is 8.75. The Labute approximate surface area is 162 Å². The van der Waals surface area contributed by atoms with E-state index in [4.69, 9.17) is 13.6 Å². The first kappa shape index (κ1) is 17.6. The average Bonchev–Trinajstić information content (AvgIpc) is 3.29. The number of aromatic nitrogens is 1.